The van der Waals surface area contributed by atoms with E-state index in [1.807, 2.05) is 12.1 Å². The van der Waals surface area contributed by atoms with Gasteiger partial charge in [0.1, 0.15) is 29.7 Å². The number of hydrogen-bond acceptors (Lipinski definition) is 6. The minimum absolute atomic E-state index is 0.0203. The summed E-state index contributed by atoms with van der Waals surface area (Å²) in [7, 11) is 0. The zero-order valence-electron chi connectivity index (χ0n) is 19.7. The molecular weight excluding hydrogens is 475 g/mol. The van der Waals surface area contributed by atoms with Crippen LogP contribution >= 0.6 is 0 Å². The van der Waals surface area contributed by atoms with Gasteiger partial charge in [0.05, 0.1) is 18.3 Å². The molecule has 37 heavy (non-hydrogen) atoms. The molecule has 3 aromatic heterocycles. The van der Waals surface area contributed by atoms with E-state index in [9.17, 15) is 9.59 Å². The summed E-state index contributed by atoms with van der Waals surface area (Å²) in [5.41, 5.74) is 2.05. The molecular formula is C27H23FN6O3. The number of furan rings is 1. The lowest BCUT2D eigenvalue weighted by atomic mass is 10.0. The Morgan fingerprint density at radius 3 is 2.65 bits per heavy atom. The highest BCUT2D eigenvalue weighted by Crippen LogP contribution is 2.27. The molecule has 0 saturated heterocycles. The second kappa shape index (κ2) is 10.8. The van der Waals surface area contributed by atoms with E-state index >= 15 is 4.39 Å². The molecule has 0 saturated carbocycles. The molecule has 5 rings (SSSR count). The number of rotatable bonds is 9. The van der Waals surface area contributed by atoms with Crippen molar-refractivity contribution in [1.82, 2.24) is 30.2 Å². The molecule has 0 spiro atoms. The number of nitrogens with zero attached hydrogens (tertiary/aromatic N) is 5. The van der Waals surface area contributed by atoms with E-state index in [-0.39, 0.29) is 25.2 Å². The molecule has 0 unspecified atom stereocenters. The SMILES string of the molecule is O=C(NCc1ccco1)[C@H](c1ccccc1F)N(Cc1cccnc1)C(=O)Cn1nnc2ccccc21. The van der Waals surface area contributed by atoms with Gasteiger partial charge >= 0.3 is 0 Å². The van der Waals surface area contributed by atoms with Crippen molar-refractivity contribution in [1.29, 1.82) is 0 Å². The first-order chi connectivity index (χ1) is 18.1. The average Bonchev–Trinajstić information content (AvgIpc) is 3.59. The Kier molecular flexibility index (Phi) is 6.98. The van der Waals surface area contributed by atoms with E-state index in [0.717, 1.165) is 0 Å². The van der Waals surface area contributed by atoms with Crippen molar-refractivity contribution in [3.05, 3.63) is 114 Å². The van der Waals surface area contributed by atoms with Gasteiger partial charge < -0.3 is 14.6 Å². The number of hydrogen-bond donors (Lipinski definition) is 1. The number of benzene rings is 2. The molecule has 9 nitrogen and oxygen atoms in total. The monoisotopic (exact) mass is 498 g/mol. The van der Waals surface area contributed by atoms with Crippen LogP contribution in [0, 0.1) is 5.82 Å². The fourth-order valence-electron chi connectivity index (χ4n) is 4.10. The summed E-state index contributed by atoms with van der Waals surface area (Å²) in [5, 5.41) is 11.0. The lowest BCUT2D eigenvalue weighted by Crippen LogP contribution is -2.44. The Morgan fingerprint density at radius 1 is 1.03 bits per heavy atom. The van der Waals surface area contributed by atoms with Gasteiger partial charge in [-0.2, -0.15) is 0 Å². The highest BCUT2D eigenvalue weighted by atomic mass is 19.1. The third-order valence-corrected chi connectivity index (χ3v) is 5.88. The quantitative estimate of drug-likeness (QED) is 0.333. The first-order valence-corrected chi connectivity index (χ1v) is 11.6. The molecule has 0 aliphatic rings. The van der Waals surface area contributed by atoms with Crippen LogP contribution in [0.4, 0.5) is 4.39 Å². The minimum Gasteiger partial charge on any atom is -0.467 e. The summed E-state index contributed by atoms with van der Waals surface area (Å²) in [6.45, 7) is -0.0942. The van der Waals surface area contributed by atoms with Gasteiger partial charge in [0.15, 0.2) is 0 Å². The van der Waals surface area contributed by atoms with Crippen LogP contribution in [0.15, 0.2) is 95.9 Å². The summed E-state index contributed by atoms with van der Waals surface area (Å²) in [6, 6.07) is 18.9. The fraction of sp³-hybridized carbons (Fsp3) is 0.148. The molecule has 2 amide bonds. The van der Waals surface area contributed by atoms with Gasteiger partial charge in [0.25, 0.3) is 0 Å². The maximum Gasteiger partial charge on any atom is 0.247 e. The van der Waals surface area contributed by atoms with Crippen molar-refractivity contribution in [2.45, 2.75) is 25.7 Å². The summed E-state index contributed by atoms with van der Waals surface area (Å²) < 4.78 is 21.9. The lowest BCUT2D eigenvalue weighted by Gasteiger charge is -2.31. The predicted molar refractivity (Wildman–Crippen MR) is 132 cm³/mol. The van der Waals surface area contributed by atoms with E-state index in [1.54, 1.807) is 54.9 Å². The van der Waals surface area contributed by atoms with Crippen molar-refractivity contribution in [2.24, 2.45) is 0 Å². The molecule has 10 heteroatoms. The van der Waals surface area contributed by atoms with Crippen LogP contribution in [-0.2, 0) is 29.2 Å². The molecule has 0 fully saturated rings. The molecule has 0 bridgehead atoms. The average molecular weight is 499 g/mol. The fourth-order valence-corrected chi connectivity index (χ4v) is 4.10. The first kappa shape index (κ1) is 23.9. The molecule has 0 radical (unpaired) electrons. The van der Waals surface area contributed by atoms with Crippen LogP contribution in [0.1, 0.15) is 22.9 Å². The second-order valence-corrected chi connectivity index (χ2v) is 8.34. The topological polar surface area (TPSA) is 106 Å². The van der Waals surface area contributed by atoms with Crippen molar-refractivity contribution in [2.75, 3.05) is 0 Å². The van der Waals surface area contributed by atoms with Gasteiger partial charge in [0, 0.05) is 24.5 Å². The number of para-hydroxylation sites is 1. The number of carbonyl (C=O) groups excluding carboxylic acids is 2. The summed E-state index contributed by atoms with van der Waals surface area (Å²) in [6.07, 6.45) is 4.71. The number of carbonyl (C=O) groups is 2. The maximum absolute atomic E-state index is 15.1. The maximum atomic E-state index is 15.1. The third kappa shape index (κ3) is 5.37. The number of pyridine rings is 1. The summed E-state index contributed by atoms with van der Waals surface area (Å²) >= 11 is 0. The van der Waals surface area contributed by atoms with Crippen molar-refractivity contribution < 1.29 is 18.4 Å². The van der Waals surface area contributed by atoms with Crippen LogP contribution in [0.3, 0.4) is 0 Å². The number of amides is 2. The Hall–Kier alpha value is -4.86. The van der Waals surface area contributed by atoms with Gasteiger partial charge in [-0.3, -0.25) is 14.6 Å². The smallest absolute Gasteiger partial charge is 0.247 e. The second-order valence-electron chi connectivity index (χ2n) is 8.34. The highest BCUT2D eigenvalue weighted by Gasteiger charge is 2.34. The molecule has 5 aromatic rings. The Balaban J connectivity index is 1.52. The van der Waals surface area contributed by atoms with Crippen LogP contribution in [-0.4, -0.2) is 36.7 Å². The molecule has 186 valence electrons. The van der Waals surface area contributed by atoms with E-state index < -0.39 is 23.7 Å². The van der Waals surface area contributed by atoms with Gasteiger partial charge in [0.2, 0.25) is 11.8 Å². The number of aromatic nitrogens is 4. The van der Waals surface area contributed by atoms with Gasteiger partial charge in [-0.25, -0.2) is 9.07 Å². The zero-order valence-corrected chi connectivity index (χ0v) is 19.7. The van der Waals surface area contributed by atoms with Crippen molar-refractivity contribution >= 4 is 22.8 Å². The van der Waals surface area contributed by atoms with Crippen molar-refractivity contribution in [3.63, 3.8) is 0 Å². The van der Waals surface area contributed by atoms with Gasteiger partial charge in [-0.05, 0) is 42.0 Å². The normalized spacial score (nSPS) is 11.8. The standard InChI is InChI=1S/C27H23FN6O3/c28-22-10-2-1-9-21(22)26(27(36)30-16-20-8-6-14-37-20)33(17-19-7-5-13-29-15-19)25(35)18-34-24-12-4-3-11-23(24)31-32-34/h1-15,26H,16-18H2,(H,30,36)/t26-/m0/s1. The van der Waals surface area contributed by atoms with E-state index in [4.69, 9.17) is 4.42 Å². The number of fused-ring (bicyclic) bond motifs is 1. The molecule has 2 aromatic carbocycles. The van der Waals surface area contributed by atoms with E-state index in [1.165, 1.54) is 34.0 Å². The van der Waals surface area contributed by atoms with Gasteiger partial charge in [-0.15, -0.1) is 5.10 Å². The zero-order chi connectivity index (χ0) is 25.6. The number of nitrogens with one attached hydrogen (secondary N) is 1. The minimum atomic E-state index is -1.27. The Bertz CT molecular complexity index is 1500. The largest absolute Gasteiger partial charge is 0.467 e. The Morgan fingerprint density at radius 2 is 1.86 bits per heavy atom. The van der Waals surface area contributed by atoms with Crippen LogP contribution in [0.2, 0.25) is 0 Å². The predicted octanol–water partition coefficient (Wildman–Crippen LogP) is 3.64. The van der Waals surface area contributed by atoms with Crippen LogP contribution in [0.5, 0.6) is 0 Å². The van der Waals surface area contributed by atoms with Gasteiger partial charge in [-0.1, -0.05) is 41.6 Å². The van der Waals surface area contributed by atoms with E-state index in [2.05, 4.69) is 20.6 Å². The van der Waals surface area contributed by atoms with Crippen LogP contribution in [0.25, 0.3) is 11.0 Å². The highest BCUT2D eigenvalue weighted by molar-refractivity contribution is 5.89. The third-order valence-electron chi connectivity index (χ3n) is 5.88. The molecule has 1 N–H and O–H groups in total. The molecule has 0 aliphatic carbocycles. The van der Waals surface area contributed by atoms with E-state index in [0.29, 0.717) is 22.4 Å². The molecule has 0 aliphatic heterocycles. The molecule has 3 heterocycles. The lowest BCUT2D eigenvalue weighted by molar-refractivity contribution is -0.142. The first-order valence-electron chi connectivity index (χ1n) is 11.6. The summed E-state index contributed by atoms with van der Waals surface area (Å²) in [4.78, 5) is 32.9. The Labute approximate surface area is 211 Å². The van der Waals surface area contributed by atoms with Crippen LogP contribution < -0.4 is 5.32 Å². The molecule has 1 atom stereocenters. The summed E-state index contributed by atoms with van der Waals surface area (Å²) in [5.74, 6) is -1.07. The number of halogens is 1. The van der Waals surface area contributed by atoms with Crippen molar-refractivity contribution in [3.8, 4) is 0 Å².